The fourth-order valence-corrected chi connectivity index (χ4v) is 3.75. The molecule has 3 aromatic rings. The summed E-state index contributed by atoms with van der Waals surface area (Å²) in [6.07, 6.45) is 1.89. The predicted octanol–water partition coefficient (Wildman–Crippen LogP) is 5.08. The number of hydrazone groups is 1. The van der Waals surface area contributed by atoms with Crippen LogP contribution < -0.4 is 9.47 Å². The Hall–Kier alpha value is -3.02. The van der Waals surface area contributed by atoms with Crippen LogP contribution in [-0.4, -0.2) is 49.4 Å². The van der Waals surface area contributed by atoms with Crippen LogP contribution in [0.1, 0.15) is 16.7 Å². The molecule has 4 rings (SSSR count). The fraction of sp³-hybridized carbons (Fsp3) is 0.269. The highest BCUT2D eigenvalue weighted by Crippen LogP contribution is 2.28. The standard InChI is InChI=1S/C26H28ClN3O2/c1-31-26-17-23(9-12-25(26)32-20-22-5-3-2-4-6-22)18-28-30-15-13-29(14-16-30)19-21-7-10-24(27)11-8-21/h2-12,17-18H,13-16,19-20H2,1H3/b28-18+. The normalized spacial score (nSPS) is 14.6. The van der Waals surface area contributed by atoms with Gasteiger partial charge in [0.25, 0.3) is 0 Å². The van der Waals surface area contributed by atoms with Gasteiger partial charge in [0.1, 0.15) is 6.61 Å². The Morgan fingerprint density at radius 2 is 1.62 bits per heavy atom. The number of rotatable bonds is 8. The van der Waals surface area contributed by atoms with E-state index in [0.29, 0.717) is 12.4 Å². The van der Waals surface area contributed by atoms with Crippen molar-refractivity contribution in [1.29, 1.82) is 0 Å². The maximum absolute atomic E-state index is 5.98. The van der Waals surface area contributed by atoms with Crippen molar-refractivity contribution in [3.63, 3.8) is 0 Å². The van der Waals surface area contributed by atoms with Crippen LogP contribution in [0.25, 0.3) is 0 Å². The molecule has 0 amide bonds. The second-order valence-electron chi connectivity index (χ2n) is 7.79. The van der Waals surface area contributed by atoms with Crippen LogP contribution in [0.15, 0.2) is 77.9 Å². The van der Waals surface area contributed by atoms with Crippen molar-refractivity contribution in [3.05, 3.63) is 94.5 Å². The second-order valence-corrected chi connectivity index (χ2v) is 8.22. The highest BCUT2D eigenvalue weighted by Gasteiger charge is 2.15. The van der Waals surface area contributed by atoms with Gasteiger partial charge in [-0.1, -0.05) is 54.1 Å². The van der Waals surface area contributed by atoms with E-state index in [2.05, 4.69) is 27.1 Å². The van der Waals surface area contributed by atoms with Crippen molar-refractivity contribution in [2.75, 3.05) is 33.3 Å². The molecule has 5 nitrogen and oxygen atoms in total. The molecule has 0 unspecified atom stereocenters. The summed E-state index contributed by atoms with van der Waals surface area (Å²) < 4.78 is 11.5. The van der Waals surface area contributed by atoms with E-state index in [-0.39, 0.29) is 0 Å². The summed E-state index contributed by atoms with van der Waals surface area (Å²) in [6, 6.07) is 24.1. The third-order valence-corrected chi connectivity index (χ3v) is 5.72. The molecule has 0 bridgehead atoms. The molecular formula is C26H28ClN3O2. The van der Waals surface area contributed by atoms with Crippen LogP contribution in [0, 0.1) is 0 Å². The minimum Gasteiger partial charge on any atom is -0.493 e. The topological polar surface area (TPSA) is 37.3 Å². The third kappa shape index (κ3) is 6.25. The van der Waals surface area contributed by atoms with Gasteiger partial charge in [-0.25, -0.2) is 0 Å². The summed E-state index contributed by atoms with van der Waals surface area (Å²) in [4.78, 5) is 2.44. The number of methoxy groups -OCH3 is 1. The van der Waals surface area contributed by atoms with Crippen molar-refractivity contribution in [2.24, 2.45) is 5.10 Å². The number of nitrogens with zero attached hydrogens (tertiary/aromatic N) is 3. The summed E-state index contributed by atoms with van der Waals surface area (Å²) in [7, 11) is 1.66. The quantitative estimate of drug-likeness (QED) is 0.449. The van der Waals surface area contributed by atoms with Gasteiger partial charge in [-0.3, -0.25) is 9.91 Å². The summed E-state index contributed by atoms with van der Waals surface area (Å²) in [5.74, 6) is 1.43. The smallest absolute Gasteiger partial charge is 0.161 e. The van der Waals surface area contributed by atoms with Crippen LogP contribution >= 0.6 is 11.6 Å². The lowest BCUT2D eigenvalue weighted by Crippen LogP contribution is -2.43. The van der Waals surface area contributed by atoms with E-state index in [0.717, 1.165) is 54.6 Å². The highest BCUT2D eigenvalue weighted by molar-refractivity contribution is 6.30. The summed E-state index contributed by atoms with van der Waals surface area (Å²) in [5.41, 5.74) is 3.39. The molecule has 0 saturated carbocycles. The van der Waals surface area contributed by atoms with E-state index in [9.17, 15) is 0 Å². The van der Waals surface area contributed by atoms with E-state index in [1.54, 1.807) is 7.11 Å². The van der Waals surface area contributed by atoms with Gasteiger partial charge in [-0.15, -0.1) is 0 Å². The first-order valence-corrected chi connectivity index (χ1v) is 11.2. The monoisotopic (exact) mass is 449 g/mol. The molecule has 1 fully saturated rings. The van der Waals surface area contributed by atoms with Crippen molar-refractivity contribution in [3.8, 4) is 11.5 Å². The predicted molar refractivity (Wildman–Crippen MR) is 130 cm³/mol. The Balaban J connectivity index is 1.29. The van der Waals surface area contributed by atoms with Crippen LogP contribution in [-0.2, 0) is 13.2 Å². The first-order valence-electron chi connectivity index (χ1n) is 10.8. The molecule has 1 aliphatic rings. The zero-order chi connectivity index (χ0) is 22.2. The molecule has 0 aliphatic carbocycles. The van der Waals surface area contributed by atoms with E-state index in [1.807, 2.05) is 66.9 Å². The van der Waals surface area contributed by atoms with Crippen molar-refractivity contribution in [2.45, 2.75) is 13.2 Å². The fourth-order valence-electron chi connectivity index (χ4n) is 3.63. The van der Waals surface area contributed by atoms with Gasteiger partial charge in [0.2, 0.25) is 0 Å². The molecule has 0 aromatic heterocycles. The maximum atomic E-state index is 5.98. The zero-order valence-electron chi connectivity index (χ0n) is 18.3. The van der Waals surface area contributed by atoms with Crippen LogP contribution in [0.2, 0.25) is 5.02 Å². The average molecular weight is 450 g/mol. The van der Waals surface area contributed by atoms with Gasteiger partial charge in [-0.05, 0) is 47.0 Å². The summed E-state index contributed by atoms with van der Waals surface area (Å²) in [6.45, 7) is 5.21. The molecule has 3 aromatic carbocycles. The molecule has 32 heavy (non-hydrogen) atoms. The first kappa shape index (κ1) is 22.2. The number of ether oxygens (including phenoxy) is 2. The molecule has 0 atom stereocenters. The molecule has 6 heteroatoms. The molecule has 1 heterocycles. The summed E-state index contributed by atoms with van der Waals surface area (Å²) in [5, 5.41) is 7.57. The lowest BCUT2D eigenvalue weighted by atomic mass is 10.2. The number of hydrogen-bond acceptors (Lipinski definition) is 5. The SMILES string of the molecule is COc1cc(/C=N/N2CCN(Cc3ccc(Cl)cc3)CC2)ccc1OCc1ccccc1. The van der Waals surface area contributed by atoms with Crippen LogP contribution in [0.5, 0.6) is 11.5 Å². The van der Waals surface area contributed by atoms with Crippen molar-refractivity contribution in [1.82, 2.24) is 9.91 Å². The Bertz CT molecular complexity index is 1020. The molecular weight excluding hydrogens is 422 g/mol. The van der Waals surface area contributed by atoms with Gasteiger partial charge in [0, 0.05) is 37.7 Å². The Labute approximate surface area is 194 Å². The number of hydrogen-bond donors (Lipinski definition) is 0. The van der Waals surface area contributed by atoms with Gasteiger partial charge >= 0.3 is 0 Å². The minimum absolute atomic E-state index is 0.505. The zero-order valence-corrected chi connectivity index (χ0v) is 19.0. The Morgan fingerprint density at radius 1 is 0.875 bits per heavy atom. The molecule has 166 valence electrons. The van der Waals surface area contributed by atoms with Gasteiger partial charge in [0.15, 0.2) is 11.5 Å². The van der Waals surface area contributed by atoms with Gasteiger partial charge in [-0.2, -0.15) is 5.10 Å². The third-order valence-electron chi connectivity index (χ3n) is 5.46. The minimum atomic E-state index is 0.505. The maximum Gasteiger partial charge on any atom is 0.161 e. The summed E-state index contributed by atoms with van der Waals surface area (Å²) >= 11 is 5.98. The largest absolute Gasteiger partial charge is 0.493 e. The van der Waals surface area contributed by atoms with Gasteiger partial charge in [0.05, 0.1) is 13.3 Å². The molecule has 0 radical (unpaired) electrons. The number of benzene rings is 3. The highest BCUT2D eigenvalue weighted by atomic mass is 35.5. The van der Waals surface area contributed by atoms with E-state index >= 15 is 0 Å². The van der Waals surface area contributed by atoms with E-state index in [4.69, 9.17) is 21.1 Å². The molecule has 0 spiro atoms. The first-order chi connectivity index (χ1) is 15.7. The van der Waals surface area contributed by atoms with E-state index < -0.39 is 0 Å². The lowest BCUT2D eigenvalue weighted by molar-refractivity contribution is 0.131. The second kappa shape index (κ2) is 11.0. The Kier molecular flexibility index (Phi) is 7.64. The van der Waals surface area contributed by atoms with Crippen molar-refractivity contribution < 1.29 is 9.47 Å². The number of piperazine rings is 1. The molecule has 0 N–H and O–H groups in total. The lowest BCUT2D eigenvalue weighted by Gasteiger charge is -2.33. The average Bonchev–Trinajstić information content (AvgIpc) is 2.84. The molecule has 1 saturated heterocycles. The van der Waals surface area contributed by atoms with E-state index in [1.165, 1.54) is 5.56 Å². The van der Waals surface area contributed by atoms with Crippen molar-refractivity contribution >= 4 is 17.8 Å². The Morgan fingerprint density at radius 3 is 2.34 bits per heavy atom. The van der Waals surface area contributed by atoms with Gasteiger partial charge < -0.3 is 9.47 Å². The van der Waals surface area contributed by atoms with Crippen LogP contribution in [0.4, 0.5) is 0 Å². The number of halogens is 1. The van der Waals surface area contributed by atoms with Crippen LogP contribution in [0.3, 0.4) is 0 Å². The molecule has 1 aliphatic heterocycles.